The number of benzene rings is 2. The lowest BCUT2D eigenvalue weighted by Gasteiger charge is -2.13. The summed E-state index contributed by atoms with van der Waals surface area (Å²) in [6.07, 6.45) is 0. The second-order valence-electron chi connectivity index (χ2n) is 7.77. The third kappa shape index (κ3) is 5.01. The van der Waals surface area contributed by atoms with Gasteiger partial charge in [-0.15, -0.1) is 0 Å². The fourth-order valence-corrected chi connectivity index (χ4v) is 3.51. The van der Waals surface area contributed by atoms with Crippen LogP contribution < -0.4 is 10.2 Å². The third-order valence-electron chi connectivity index (χ3n) is 5.39. The van der Waals surface area contributed by atoms with E-state index in [0.29, 0.717) is 22.6 Å². The second-order valence-corrected chi connectivity index (χ2v) is 7.77. The first-order valence-electron chi connectivity index (χ1n) is 10.5. The van der Waals surface area contributed by atoms with Gasteiger partial charge in [-0.05, 0) is 58.4 Å². The van der Waals surface area contributed by atoms with E-state index < -0.39 is 22.8 Å². The number of rotatable bonds is 7. The first kappa shape index (κ1) is 24.3. The smallest absolute Gasteiger partial charge is 0.343 e. The highest BCUT2D eigenvalue weighted by molar-refractivity contribution is 6.03. The number of hydrazone groups is 1. The topological polar surface area (TPSA) is 129 Å². The van der Waals surface area contributed by atoms with Crippen LogP contribution in [-0.4, -0.2) is 32.3 Å². The summed E-state index contributed by atoms with van der Waals surface area (Å²) in [7, 11) is 0. The monoisotopic (exact) mass is 463 g/mol. The molecular weight excluding hydrogens is 438 g/mol. The lowest BCUT2D eigenvalue weighted by molar-refractivity contribution is -0.386. The van der Waals surface area contributed by atoms with E-state index in [-0.39, 0.29) is 17.1 Å². The quantitative estimate of drug-likeness (QED) is 0.185. The van der Waals surface area contributed by atoms with Crippen LogP contribution in [0.3, 0.4) is 0 Å². The van der Waals surface area contributed by atoms with Crippen molar-refractivity contribution in [3.8, 4) is 5.75 Å². The molecule has 0 bridgehead atoms. The van der Waals surface area contributed by atoms with Crippen LogP contribution in [0.4, 0.5) is 5.69 Å². The van der Waals surface area contributed by atoms with Gasteiger partial charge in [-0.2, -0.15) is 10.2 Å². The Labute approximate surface area is 196 Å². The summed E-state index contributed by atoms with van der Waals surface area (Å²) >= 11 is 0. The highest BCUT2D eigenvalue weighted by Crippen LogP contribution is 2.25. The van der Waals surface area contributed by atoms with Crippen molar-refractivity contribution in [1.29, 1.82) is 0 Å². The van der Waals surface area contributed by atoms with Gasteiger partial charge < -0.3 is 4.74 Å². The summed E-state index contributed by atoms with van der Waals surface area (Å²) in [6.45, 7) is 8.11. The molecule has 1 heterocycles. The average Bonchev–Trinajstić information content (AvgIpc) is 3.11. The first-order chi connectivity index (χ1) is 16.1. The molecule has 0 aliphatic rings. The number of nitro groups is 1. The number of amides is 1. The van der Waals surface area contributed by atoms with Gasteiger partial charge in [-0.3, -0.25) is 19.6 Å². The average molecular weight is 463 g/mol. The molecule has 176 valence electrons. The van der Waals surface area contributed by atoms with Gasteiger partial charge in [-0.25, -0.2) is 10.2 Å². The van der Waals surface area contributed by atoms with Crippen molar-refractivity contribution in [2.45, 2.75) is 40.7 Å². The van der Waals surface area contributed by atoms with Gasteiger partial charge in [0.05, 0.1) is 16.2 Å². The fourth-order valence-electron chi connectivity index (χ4n) is 3.51. The van der Waals surface area contributed by atoms with Gasteiger partial charge in [-0.1, -0.05) is 30.3 Å². The van der Waals surface area contributed by atoms with E-state index in [9.17, 15) is 19.7 Å². The van der Waals surface area contributed by atoms with Gasteiger partial charge in [0.2, 0.25) is 0 Å². The molecular formula is C24H25N5O5. The summed E-state index contributed by atoms with van der Waals surface area (Å²) < 4.78 is 6.90. The van der Waals surface area contributed by atoms with Crippen molar-refractivity contribution in [3.05, 3.63) is 86.7 Å². The number of para-hydroxylation sites is 1. The van der Waals surface area contributed by atoms with Gasteiger partial charge in [0.15, 0.2) is 0 Å². The molecule has 1 atom stereocenters. The number of carbonyl (C=O) groups excluding carboxylic acids is 2. The molecule has 3 aromatic rings. The Morgan fingerprint density at radius 1 is 1.09 bits per heavy atom. The minimum atomic E-state index is -0.835. The SMILES string of the molecule is CC(=NNC(=O)C(C)n1nc(C)c([N+](=O)[O-])c1C)c1ccccc1OC(=O)c1ccccc1C. The maximum Gasteiger partial charge on any atom is 0.343 e. The largest absolute Gasteiger partial charge is 0.422 e. The molecule has 0 fully saturated rings. The predicted molar refractivity (Wildman–Crippen MR) is 126 cm³/mol. The van der Waals surface area contributed by atoms with Crippen LogP contribution in [0.2, 0.25) is 0 Å². The van der Waals surface area contributed by atoms with E-state index in [1.807, 2.05) is 19.1 Å². The Balaban J connectivity index is 1.78. The van der Waals surface area contributed by atoms with E-state index in [1.54, 1.807) is 50.2 Å². The van der Waals surface area contributed by atoms with Gasteiger partial charge in [0.1, 0.15) is 23.2 Å². The van der Waals surface area contributed by atoms with E-state index in [1.165, 1.54) is 18.5 Å². The molecule has 0 saturated heterocycles. The standard InChI is InChI=1S/C24H25N5O5/c1-14-10-6-7-11-19(14)24(31)34-21-13-9-8-12-20(21)15(2)25-26-23(30)18(5)28-17(4)22(29(32)33)16(3)27-28/h6-13,18H,1-5H3,(H,26,30). The molecule has 0 aliphatic carbocycles. The number of nitrogens with zero attached hydrogens (tertiary/aromatic N) is 4. The van der Waals surface area contributed by atoms with Crippen molar-refractivity contribution in [2.24, 2.45) is 5.10 Å². The van der Waals surface area contributed by atoms with Crippen LogP contribution in [0.1, 0.15) is 52.8 Å². The van der Waals surface area contributed by atoms with Crippen molar-refractivity contribution >= 4 is 23.3 Å². The first-order valence-corrected chi connectivity index (χ1v) is 10.5. The molecule has 10 nitrogen and oxygen atoms in total. The minimum Gasteiger partial charge on any atom is -0.422 e. The summed E-state index contributed by atoms with van der Waals surface area (Å²) in [4.78, 5) is 36.0. The summed E-state index contributed by atoms with van der Waals surface area (Å²) in [5.74, 6) is -0.704. The molecule has 0 radical (unpaired) electrons. The predicted octanol–water partition coefficient (Wildman–Crippen LogP) is 4.04. The van der Waals surface area contributed by atoms with Crippen molar-refractivity contribution in [1.82, 2.24) is 15.2 Å². The Hall–Kier alpha value is -4.34. The van der Waals surface area contributed by atoms with E-state index in [0.717, 1.165) is 5.56 Å². The molecule has 0 spiro atoms. The van der Waals surface area contributed by atoms with Gasteiger partial charge >= 0.3 is 11.7 Å². The maximum absolute atomic E-state index is 12.7. The molecule has 0 saturated carbocycles. The van der Waals surface area contributed by atoms with Crippen LogP contribution in [0, 0.1) is 30.9 Å². The number of carbonyl (C=O) groups is 2. The Kier molecular flexibility index (Phi) is 7.20. The molecule has 1 unspecified atom stereocenters. The third-order valence-corrected chi connectivity index (χ3v) is 5.39. The molecule has 0 aliphatic heterocycles. The zero-order chi connectivity index (χ0) is 25.0. The molecule has 1 aromatic heterocycles. The number of nitrogens with one attached hydrogen (secondary N) is 1. The van der Waals surface area contributed by atoms with E-state index >= 15 is 0 Å². The van der Waals surface area contributed by atoms with Crippen LogP contribution in [0.25, 0.3) is 0 Å². The Bertz CT molecular complexity index is 1290. The van der Waals surface area contributed by atoms with Gasteiger partial charge in [0, 0.05) is 5.56 Å². The number of hydrogen-bond donors (Lipinski definition) is 1. The lowest BCUT2D eigenvalue weighted by atomic mass is 10.1. The number of hydrogen-bond acceptors (Lipinski definition) is 7. The number of aryl methyl sites for hydroxylation is 2. The lowest BCUT2D eigenvalue weighted by Crippen LogP contribution is -2.29. The molecule has 10 heteroatoms. The van der Waals surface area contributed by atoms with Crippen molar-refractivity contribution in [2.75, 3.05) is 0 Å². The molecule has 1 N–H and O–H groups in total. The summed E-state index contributed by atoms with van der Waals surface area (Å²) in [6, 6.07) is 13.1. The summed E-state index contributed by atoms with van der Waals surface area (Å²) in [5.41, 5.74) is 5.03. The van der Waals surface area contributed by atoms with Crippen molar-refractivity contribution in [3.63, 3.8) is 0 Å². The Morgan fingerprint density at radius 3 is 2.32 bits per heavy atom. The number of ether oxygens (including phenoxy) is 1. The maximum atomic E-state index is 12.7. The van der Waals surface area contributed by atoms with Crippen LogP contribution in [0.15, 0.2) is 53.6 Å². The minimum absolute atomic E-state index is 0.122. The Morgan fingerprint density at radius 2 is 1.71 bits per heavy atom. The number of esters is 1. The molecule has 2 aromatic carbocycles. The van der Waals surface area contributed by atoms with Crippen LogP contribution in [-0.2, 0) is 4.79 Å². The van der Waals surface area contributed by atoms with Crippen molar-refractivity contribution < 1.29 is 19.2 Å². The molecule has 1 amide bonds. The van der Waals surface area contributed by atoms with Crippen LogP contribution >= 0.6 is 0 Å². The number of aromatic nitrogens is 2. The van der Waals surface area contributed by atoms with Gasteiger partial charge in [0.25, 0.3) is 5.91 Å². The highest BCUT2D eigenvalue weighted by Gasteiger charge is 2.27. The van der Waals surface area contributed by atoms with Crippen LogP contribution in [0.5, 0.6) is 5.75 Å². The molecule has 34 heavy (non-hydrogen) atoms. The second kappa shape index (κ2) is 10.1. The molecule has 3 rings (SSSR count). The normalized spacial score (nSPS) is 12.2. The zero-order valence-corrected chi connectivity index (χ0v) is 19.5. The fraction of sp³-hybridized carbons (Fsp3) is 0.250. The van der Waals surface area contributed by atoms with E-state index in [4.69, 9.17) is 4.74 Å². The summed E-state index contributed by atoms with van der Waals surface area (Å²) in [5, 5.41) is 19.5. The van der Waals surface area contributed by atoms with E-state index in [2.05, 4.69) is 15.6 Å². The zero-order valence-electron chi connectivity index (χ0n) is 19.5. The highest BCUT2D eigenvalue weighted by atomic mass is 16.6.